The number of likely N-dealkylation sites (N-methyl/N-ethyl adjacent to an activating group) is 1. The van der Waals surface area contributed by atoms with Gasteiger partial charge in [-0.2, -0.15) is 0 Å². The lowest BCUT2D eigenvalue weighted by Gasteiger charge is -2.34. The third kappa shape index (κ3) is 2.61. The molecule has 1 rings (SSSR count). The van der Waals surface area contributed by atoms with Crippen LogP contribution in [0.5, 0.6) is 0 Å². The zero-order valence-corrected chi connectivity index (χ0v) is 9.52. The van der Waals surface area contributed by atoms with E-state index >= 15 is 0 Å². The Bertz CT molecular complexity index is 253. The quantitative estimate of drug-likeness (QED) is 0.645. The van der Waals surface area contributed by atoms with Crippen molar-refractivity contribution in [2.24, 2.45) is 0 Å². The molecule has 0 aliphatic carbocycles. The molecule has 86 valence electrons. The molecule has 1 heterocycles. The van der Waals surface area contributed by atoms with Gasteiger partial charge in [-0.3, -0.25) is 9.69 Å². The van der Waals surface area contributed by atoms with Gasteiger partial charge in [0.1, 0.15) is 6.04 Å². The van der Waals surface area contributed by atoms with Crippen LogP contribution in [0.1, 0.15) is 19.3 Å². The first-order valence-corrected chi connectivity index (χ1v) is 5.13. The lowest BCUT2D eigenvalue weighted by molar-refractivity contribution is -0.134. The van der Waals surface area contributed by atoms with E-state index in [1.807, 2.05) is 0 Å². The molecule has 0 aromatic carbocycles. The molecule has 15 heavy (non-hydrogen) atoms. The Morgan fingerprint density at radius 3 is 2.53 bits per heavy atom. The summed E-state index contributed by atoms with van der Waals surface area (Å²) in [6, 6.07) is -0.346. The lowest BCUT2D eigenvalue weighted by Crippen LogP contribution is -2.51. The predicted molar refractivity (Wildman–Crippen MR) is 55.4 cm³/mol. The molecule has 1 aliphatic heterocycles. The van der Waals surface area contributed by atoms with Crippen molar-refractivity contribution in [3.8, 4) is 0 Å². The van der Waals surface area contributed by atoms with Crippen LogP contribution in [-0.4, -0.2) is 55.6 Å². The number of hydrogen-bond donors (Lipinski definition) is 0. The maximum absolute atomic E-state index is 11.8. The molecule has 1 aliphatic rings. The molecule has 0 saturated carbocycles. The minimum atomic E-state index is -0.407. The number of carbonyl (C=O) groups excluding carboxylic acids is 2. The molecule has 1 atom stereocenters. The van der Waals surface area contributed by atoms with E-state index < -0.39 is 6.09 Å². The summed E-state index contributed by atoms with van der Waals surface area (Å²) in [7, 11) is 4.74. The Morgan fingerprint density at radius 1 is 1.33 bits per heavy atom. The molecule has 5 heteroatoms. The molecule has 0 aromatic heterocycles. The number of ether oxygens (including phenoxy) is 1. The second kappa shape index (κ2) is 5.00. The van der Waals surface area contributed by atoms with Crippen LogP contribution in [0.4, 0.5) is 4.79 Å². The van der Waals surface area contributed by atoms with Crippen LogP contribution in [0, 0.1) is 0 Å². The van der Waals surface area contributed by atoms with Crippen LogP contribution < -0.4 is 0 Å². The molecule has 2 amide bonds. The second-order valence-corrected chi connectivity index (χ2v) is 3.91. The van der Waals surface area contributed by atoms with Gasteiger partial charge in [-0.25, -0.2) is 4.79 Å². The fourth-order valence-corrected chi connectivity index (χ4v) is 1.82. The van der Waals surface area contributed by atoms with Crippen molar-refractivity contribution < 1.29 is 14.3 Å². The Kier molecular flexibility index (Phi) is 3.94. The van der Waals surface area contributed by atoms with Gasteiger partial charge in [0.2, 0.25) is 5.91 Å². The second-order valence-electron chi connectivity index (χ2n) is 3.91. The van der Waals surface area contributed by atoms with Gasteiger partial charge in [-0.15, -0.1) is 0 Å². The van der Waals surface area contributed by atoms with E-state index in [9.17, 15) is 9.59 Å². The largest absolute Gasteiger partial charge is 0.453 e. The highest BCUT2D eigenvalue weighted by Gasteiger charge is 2.33. The van der Waals surface area contributed by atoms with Crippen molar-refractivity contribution in [1.29, 1.82) is 0 Å². The van der Waals surface area contributed by atoms with E-state index in [2.05, 4.69) is 4.74 Å². The minimum absolute atomic E-state index is 0.0277. The molecule has 1 saturated heterocycles. The van der Waals surface area contributed by atoms with Gasteiger partial charge in [0.05, 0.1) is 7.11 Å². The zero-order chi connectivity index (χ0) is 11.4. The van der Waals surface area contributed by atoms with Gasteiger partial charge < -0.3 is 9.64 Å². The number of amides is 2. The van der Waals surface area contributed by atoms with Crippen LogP contribution in [0.25, 0.3) is 0 Å². The SMILES string of the molecule is COC(=O)N1CCCC[C@H]1C(=O)N(C)C. The minimum Gasteiger partial charge on any atom is -0.453 e. The van der Waals surface area contributed by atoms with Crippen LogP contribution in [0.3, 0.4) is 0 Å². The summed E-state index contributed by atoms with van der Waals surface area (Å²) in [5, 5.41) is 0. The van der Waals surface area contributed by atoms with E-state index in [0.717, 1.165) is 19.3 Å². The maximum atomic E-state index is 11.8. The van der Waals surface area contributed by atoms with Crippen LogP contribution in [-0.2, 0) is 9.53 Å². The summed E-state index contributed by atoms with van der Waals surface area (Å²) < 4.78 is 4.67. The first kappa shape index (κ1) is 11.8. The van der Waals surface area contributed by atoms with E-state index in [4.69, 9.17) is 0 Å². The van der Waals surface area contributed by atoms with E-state index in [1.165, 1.54) is 16.9 Å². The highest BCUT2D eigenvalue weighted by atomic mass is 16.5. The average Bonchev–Trinajstić information content (AvgIpc) is 2.27. The highest BCUT2D eigenvalue weighted by Crippen LogP contribution is 2.19. The third-order valence-electron chi connectivity index (χ3n) is 2.64. The summed E-state index contributed by atoms with van der Waals surface area (Å²) in [5.74, 6) is -0.0277. The molecule has 1 fully saturated rings. The summed E-state index contributed by atoms with van der Waals surface area (Å²) in [6.07, 6.45) is 2.24. The van der Waals surface area contributed by atoms with Gasteiger partial charge in [0.15, 0.2) is 0 Å². The molecule has 0 radical (unpaired) electrons. The molecule has 0 bridgehead atoms. The number of carbonyl (C=O) groups is 2. The van der Waals surface area contributed by atoms with Crippen molar-refractivity contribution in [3.63, 3.8) is 0 Å². The van der Waals surface area contributed by atoms with Crippen LogP contribution in [0.2, 0.25) is 0 Å². The van der Waals surface area contributed by atoms with Gasteiger partial charge in [0, 0.05) is 20.6 Å². The van der Waals surface area contributed by atoms with Crippen molar-refractivity contribution in [2.45, 2.75) is 25.3 Å². The number of rotatable bonds is 1. The van der Waals surface area contributed by atoms with Crippen molar-refractivity contribution in [1.82, 2.24) is 9.80 Å². The molecular weight excluding hydrogens is 196 g/mol. The first-order valence-electron chi connectivity index (χ1n) is 5.13. The average molecular weight is 214 g/mol. The van der Waals surface area contributed by atoms with Crippen LogP contribution in [0.15, 0.2) is 0 Å². The predicted octanol–water partition coefficient (Wildman–Crippen LogP) is 0.696. The monoisotopic (exact) mass is 214 g/mol. The Balaban J connectivity index is 2.73. The fraction of sp³-hybridized carbons (Fsp3) is 0.800. The molecule has 0 N–H and O–H groups in total. The Labute approximate surface area is 90.0 Å². The Hall–Kier alpha value is -1.26. The summed E-state index contributed by atoms with van der Waals surface area (Å²) in [6.45, 7) is 0.608. The Morgan fingerprint density at radius 2 is 2.00 bits per heavy atom. The summed E-state index contributed by atoms with van der Waals surface area (Å²) in [5.41, 5.74) is 0. The molecular formula is C10H18N2O3. The van der Waals surface area contributed by atoms with Gasteiger partial charge in [0.25, 0.3) is 0 Å². The van der Waals surface area contributed by atoms with Crippen molar-refractivity contribution in [2.75, 3.05) is 27.7 Å². The van der Waals surface area contributed by atoms with E-state index in [-0.39, 0.29) is 11.9 Å². The summed E-state index contributed by atoms with van der Waals surface area (Å²) >= 11 is 0. The first-order chi connectivity index (χ1) is 7.07. The van der Waals surface area contributed by atoms with Gasteiger partial charge in [-0.05, 0) is 19.3 Å². The lowest BCUT2D eigenvalue weighted by atomic mass is 10.0. The highest BCUT2D eigenvalue weighted by molar-refractivity contribution is 5.85. The number of hydrogen-bond acceptors (Lipinski definition) is 3. The smallest absolute Gasteiger partial charge is 0.410 e. The maximum Gasteiger partial charge on any atom is 0.410 e. The van der Waals surface area contributed by atoms with Crippen molar-refractivity contribution in [3.05, 3.63) is 0 Å². The number of likely N-dealkylation sites (tertiary alicyclic amines) is 1. The van der Waals surface area contributed by atoms with E-state index in [1.54, 1.807) is 14.1 Å². The normalized spacial score (nSPS) is 21.0. The number of nitrogens with zero attached hydrogens (tertiary/aromatic N) is 2. The van der Waals surface area contributed by atoms with Gasteiger partial charge >= 0.3 is 6.09 Å². The van der Waals surface area contributed by atoms with Gasteiger partial charge in [-0.1, -0.05) is 0 Å². The summed E-state index contributed by atoms with van der Waals surface area (Å²) in [4.78, 5) is 26.3. The fourth-order valence-electron chi connectivity index (χ4n) is 1.82. The number of piperidine rings is 1. The topological polar surface area (TPSA) is 49.9 Å². The standard InChI is InChI=1S/C10H18N2O3/c1-11(2)9(13)8-6-4-5-7-12(8)10(14)15-3/h8H,4-7H2,1-3H3/t8-/m0/s1. The molecule has 5 nitrogen and oxygen atoms in total. The number of methoxy groups -OCH3 is 1. The van der Waals surface area contributed by atoms with Crippen molar-refractivity contribution >= 4 is 12.0 Å². The molecule has 0 aromatic rings. The zero-order valence-electron chi connectivity index (χ0n) is 9.52. The van der Waals surface area contributed by atoms with Crippen LogP contribution >= 0.6 is 0 Å². The van der Waals surface area contributed by atoms with E-state index in [0.29, 0.717) is 6.54 Å². The molecule has 0 spiro atoms. The molecule has 0 unspecified atom stereocenters. The third-order valence-corrected chi connectivity index (χ3v) is 2.64.